The van der Waals surface area contributed by atoms with Crippen LogP contribution in [0, 0.1) is 0 Å². The number of aromatic carboxylic acids is 1. The number of halogens is 2. The lowest BCUT2D eigenvalue weighted by molar-refractivity contribution is -0.139. The number of aromatic amines is 1. The van der Waals surface area contributed by atoms with Crippen LogP contribution in [-0.4, -0.2) is 48.6 Å². The van der Waals surface area contributed by atoms with E-state index in [0.717, 1.165) is 5.56 Å². The van der Waals surface area contributed by atoms with Crippen molar-refractivity contribution in [2.24, 2.45) is 0 Å². The zero-order valence-electron chi connectivity index (χ0n) is 17.5. The van der Waals surface area contributed by atoms with Gasteiger partial charge in [-0.15, -0.1) is 0 Å². The van der Waals surface area contributed by atoms with Crippen LogP contribution >= 0.6 is 23.2 Å². The second-order valence-corrected chi connectivity index (χ2v) is 8.37. The van der Waals surface area contributed by atoms with Crippen molar-refractivity contribution in [3.05, 3.63) is 87.5 Å². The number of nitrogens with one attached hydrogen (secondary N) is 2. The van der Waals surface area contributed by atoms with Gasteiger partial charge in [0, 0.05) is 41.3 Å². The van der Waals surface area contributed by atoms with Crippen LogP contribution in [0.3, 0.4) is 0 Å². The van der Waals surface area contributed by atoms with Gasteiger partial charge in [-0.2, -0.15) is 0 Å². The zero-order valence-corrected chi connectivity index (χ0v) is 19.0. The fraction of sp³-hybridized carbons (Fsp3) is 0.130. The number of fused-ring (bicyclic) bond motifs is 1. The topological polar surface area (TPSA) is 137 Å². The minimum Gasteiger partial charge on any atom is -0.480 e. The van der Waals surface area contributed by atoms with Crippen molar-refractivity contribution < 1.29 is 24.6 Å². The van der Waals surface area contributed by atoms with Crippen LogP contribution in [0.15, 0.2) is 55.0 Å². The number of carbonyl (C=O) groups excluding carboxylic acids is 1. The first-order valence-corrected chi connectivity index (χ1v) is 10.8. The molecule has 4 rings (SSSR count). The quantitative estimate of drug-likeness (QED) is 0.290. The van der Waals surface area contributed by atoms with Gasteiger partial charge in [0.15, 0.2) is 0 Å². The Morgan fingerprint density at radius 1 is 1.09 bits per heavy atom. The summed E-state index contributed by atoms with van der Waals surface area (Å²) in [5, 5.41) is 22.9. The lowest BCUT2D eigenvalue weighted by Crippen LogP contribution is -2.42. The van der Waals surface area contributed by atoms with Crippen molar-refractivity contribution in [3.63, 3.8) is 0 Å². The van der Waals surface area contributed by atoms with Crippen LogP contribution in [0.1, 0.15) is 32.1 Å². The summed E-state index contributed by atoms with van der Waals surface area (Å²) in [6.45, 7) is 0.171. The maximum absolute atomic E-state index is 13.0. The van der Waals surface area contributed by atoms with Crippen molar-refractivity contribution in [1.82, 2.24) is 19.9 Å². The number of H-pyrrole nitrogens is 1. The Hall–Kier alpha value is -3.82. The number of aliphatic carboxylic acids is 1. The number of carbonyl (C=O) groups is 3. The second-order valence-electron chi connectivity index (χ2n) is 7.55. The molecule has 4 aromatic rings. The Kier molecular flexibility index (Phi) is 6.58. The molecule has 11 heteroatoms. The molecule has 0 radical (unpaired) electrons. The smallest absolute Gasteiger partial charge is 0.352 e. The average Bonchev–Trinajstić information content (AvgIpc) is 3.43. The number of carboxylic acid groups (broad SMARTS) is 2. The summed E-state index contributed by atoms with van der Waals surface area (Å²) in [6.07, 6.45) is 2.90. The first-order chi connectivity index (χ1) is 16.2. The number of imidazole rings is 1. The third-order valence-electron chi connectivity index (χ3n) is 5.32. The zero-order chi connectivity index (χ0) is 24.4. The Bertz CT molecular complexity index is 1400. The van der Waals surface area contributed by atoms with Gasteiger partial charge in [0.1, 0.15) is 11.7 Å². The Labute approximate surface area is 202 Å². The first kappa shape index (κ1) is 23.3. The first-order valence-electron chi connectivity index (χ1n) is 10.0. The summed E-state index contributed by atoms with van der Waals surface area (Å²) in [7, 11) is 0. The molecule has 0 bridgehead atoms. The maximum atomic E-state index is 13.0. The van der Waals surface area contributed by atoms with E-state index in [1.165, 1.54) is 24.7 Å². The number of amides is 1. The number of aromatic nitrogens is 3. The number of hydrogen-bond donors (Lipinski definition) is 4. The number of carboxylic acids is 2. The fourth-order valence-electron chi connectivity index (χ4n) is 3.70. The molecule has 0 saturated heterocycles. The van der Waals surface area contributed by atoms with Gasteiger partial charge in [0.2, 0.25) is 0 Å². The highest BCUT2D eigenvalue weighted by molar-refractivity contribution is 6.42. The molecule has 9 nitrogen and oxygen atoms in total. The highest BCUT2D eigenvalue weighted by Crippen LogP contribution is 2.27. The van der Waals surface area contributed by atoms with Crippen molar-refractivity contribution in [2.45, 2.75) is 19.0 Å². The summed E-state index contributed by atoms with van der Waals surface area (Å²) in [5.74, 6) is -3.02. The maximum Gasteiger partial charge on any atom is 0.352 e. The van der Waals surface area contributed by atoms with Gasteiger partial charge < -0.3 is 25.1 Å². The molecule has 0 aliphatic carbocycles. The van der Waals surface area contributed by atoms with Crippen molar-refractivity contribution in [3.8, 4) is 0 Å². The van der Waals surface area contributed by atoms with E-state index in [1.807, 2.05) is 0 Å². The molecule has 34 heavy (non-hydrogen) atoms. The minimum atomic E-state index is -1.21. The van der Waals surface area contributed by atoms with Gasteiger partial charge in [0.05, 0.1) is 16.4 Å². The molecule has 0 saturated carbocycles. The van der Waals surface area contributed by atoms with Gasteiger partial charge in [-0.05, 0) is 35.9 Å². The van der Waals surface area contributed by atoms with Crippen LogP contribution in [0.25, 0.3) is 10.9 Å². The molecule has 2 heterocycles. The monoisotopic (exact) mass is 500 g/mol. The predicted molar refractivity (Wildman–Crippen MR) is 126 cm³/mol. The number of rotatable bonds is 8. The highest BCUT2D eigenvalue weighted by atomic mass is 35.5. The average molecular weight is 501 g/mol. The van der Waals surface area contributed by atoms with E-state index >= 15 is 0 Å². The van der Waals surface area contributed by atoms with Crippen molar-refractivity contribution >= 4 is 52.0 Å². The van der Waals surface area contributed by atoms with Gasteiger partial charge in [-0.25, -0.2) is 14.6 Å². The van der Waals surface area contributed by atoms with Crippen LogP contribution in [-0.2, 0) is 17.8 Å². The van der Waals surface area contributed by atoms with Gasteiger partial charge >= 0.3 is 11.9 Å². The van der Waals surface area contributed by atoms with E-state index in [1.54, 1.807) is 34.9 Å². The molecule has 2 aromatic carbocycles. The molecule has 174 valence electrons. The number of nitrogens with zero attached hydrogens (tertiary/aromatic N) is 2. The van der Waals surface area contributed by atoms with Crippen LogP contribution in [0.2, 0.25) is 10.0 Å². The fourth-order valence-corrected chi connectivity index (χ4v) is 4.02. The van der Waals surface area contributed by atoms with Gasteiger partial charge in [-0.1, -0.05) is 35.3 Å². The van der Waals surface area contributed by atoms with Gasteiger partial charge in [0.25, 0.3) is 5.91 Å². The van der Waals surface area contributed by atoms with Crippen LogP contribution < -0.4 is 5.32 Å². The standard InChI is InChI=1S/C23H18Cl2N4O5/c24-16-5-4-12(6-17(16)25)10-29-19-3-1-2-14(15(19)8-20(29)23(33)34)21(30)28-18(22(31)32)7-13-9-26-11-27-13/h1-6,8-9,11,18H,7,10H2,(H,26,27)(H,28,30)(H,31,32)(H,33,34). The molecule has 0 fully saturated rings. The molecule has 4 N–H and O–H groups in total. The highest BCUT2D eigenvalue weighted by Gasteiger charge is 2.24. The Balaban J connectivity index is 1.70. The normalized spacial score (nSPS) is 11.9. The van der Waals surface area contributed by atoms with E-state index in [0.29, 0.717) is 26.6 Å². The molecule has 0 aliphatic rings. The van der Waals surface area contributed by atoms with Crippen LogP contribution in [0.4, 0.5) is 0 Å². The molecule has 1 atom stereocenters. The van der Waals surface area contributed by atoms with Crippen molar-refractivity contribution in [2.75, 3.05) is 0 Å². The Morgan fingerprint density at radius 3 is 2.53 bits per heavy atom. The molecule has 0 aliphatic heterocycles. The molecule has 1 amide bonds. The van der Waals surface area contributed by atoms with E-state index < -0.39 is 23.9 Å². The number of benzene rings is 2. The molecule has 0 spiro atoms. The molecule has 1 unspecified atom stereocenters. The summed E-state index contributed by atoms with van der Waals surface area (Å²) >= 11 is 12.1. The molecule has 2 aromatic heterocycles. The van der Waals surface area contributed by atoms with Crippen molar-refractivity contribution in [1.29, 1.82) is 0 Å². The van der Waals surface area contributed by atoms with E-state index in [9.17, 15) is 24.6 Å². The van der Waals surface area contributed by atoms with Crippen LogP contribution in [0.5, 0.6) is 0 Å². The summed E-state index contributed by atoms with van der Waals surface area (Å²) in [5.41, 5.74) is 1.88. The number of hydrogen-bond acceptors (Lipinski definition) is 4. The van der Waals surface area contributed by atoms with E-state index in [4.69, 9.17) is 23.2 Å². The summed E-state index contributed by atoms with van der Waals surface area (Å²) < 4.78 is 1.55. The molecular formula is C23H18Cl2N4O5. The lowest BCUT2D eigenvalue weighted by Gasteiger charge is -2.14. The van der Waals surface area contributed by atoms with Gasteiger partial charge in [-0.3, -0.25) is 4.79 Å². The third-order valence-corrected chi connectivity index (χ3v) is 6.06. The minimum absolute atomic E-state index is 0.00969. The predicted octanol–water partition coefficient (Wildman–Crippen LogP) is 3.84. The molecular weight excluding hydrogens is 483 g/mol. The Morgan fingerprint density at radius 2 is 1.88 bits per heavy atom. The lowest BCUT2D eigenvalue weighted by atomic mass is 10.1. The third kappa shape index (κ3) is 4.75. The summed E-state index contributed by atoms with van der Waals surface area (Å²) in [6, 6.07) is 10.0. The largest absolute Gasteiger partial charge is 0.480 e. The summed E-state index contributed by atoms with van der Waals surface area (Å²) in [4.78, 5) is 43.4. The van der Waals surface area contributed by atoms with E-state index in [-0.39, 0.29) is 24.2 Å². The van der Waals surface area contributed by atoms with E-state index in [2.05, 4.69) is 15.3 Å². The SMILES string of the molecule is O=C(NC(Cc1cnc[nH]1)C(=O)O)c1cccc2c1cc(C(=O)O)n2Cc1ccc(Cl)c(Cl)c1. The second kappa shape index (κ2) is 9.58.